The maximum atomic E-state index is 11.5. The Hall–Kier alpha value is -3.53. The largest absolute Gasteiger partial charge is 0.868 e. The van der Waals surface area contributed by atoms with Gasteiger partial charge in [-0.25, -0.2) is 5.10 Å². The van der Waals surface area contributed by atoms with Crippen LogP contribution in [-0.2, 0) is 6.61 Å². The van der Waals surface area contributed by atoms with E-state index in [1.165, 1.54) is 17.0 Å². The Bertz CT molecular complexity index is 1120. The Balaban J connectivity index is 1.81. The van der Waals surface area contributed by atoms with Gasteiger partial charge in [0.25, 0.3) is 5.69 Å². The standard InChI is InChI=1S/C18H17N5O4S/c1-11-3-6-16(12(2)7-11)27-10-17-20-21-18(28)22(17)19-9-13-4-5-15(24)14(8-13)23(25)26/h3-9,24H,10H2,1-2H3,(H,21,28)/p-1/b19-9-. The minimum absolute atomic E-state index is 0.119. The predicted octanol–water partition coefficient (Wildman–Crippen LogP) is 3.00. The number of nitrogens with one attached hydrogen (secondary N) is 1. The third kappa shape index (κ3) is 4.23. The monoisotopic (exact) mass is 398 g/mol. The third-order valence-corrected chi connectivity index (χ3v) is 4.17. The molecular formula is C18H16N5O4S-. The van der Waals surface area contributed by atoms with E-state index in [1.807, 2.05) is 32.0 Å². The molecule has 0 spiro atoms. The molecule has 2 aromatic carbocycles. The Morgan fingerprint density at radius 3 is 2.82 bits per heavy atom. The molecule has 0 atom stereocenters. The Morgan fingerprint density at radius 1 is 1.32 bits per heavy atom. The second-order valence-corrected chi connectivity index (χ2v) is 6.43. The van der Waals surface area contributed by atoms with Crippen molar-refractivity contribution in [3.63, 3.8) is 0 Å². The molecule has 3 rings (SSSR count). The molecule has 0 aliphatic heterocycles. The van der Waals surface area contributed by atoms with E-state index >= 15 is 0 Å². The molecular weight excluding hydrogens is 382 g/mol. The van der Waals surface area contributed by atoms with Crippen LogP contribution in [0.1, 0.15) is 22.5 Å². The quantitative estimate of drug-likeness (QED) is 0.295. The fourth-order valence-electron chi connectivity index (χ4n) is 2.52. The van der Waals surface area contributed by atoms with Gasteiger partial charge in [0.2, 0.25) is 4.77 Å². The number of nitro groups is 1. The first-order chi connectivity index (χ1) is 13.3. The lowest BCUT2D eigenvalue weighted by atomic mass is 10.1. The molecule has 0 saturated carbocycles. The first kappa shape index (κ1) is 19.2. The summed E-state index contributed by atoms with van der Waals surface area (Å²) in [7, 11) is 0. The lowest BCUT2D eigenvalue weighted by Crippen LogP contribution is -2.05. The summed E-state index contributed by atoms with van der Waals surface area (Å²) in [5.41, 5.74) is 2.00. The summed E-state index contributed by atoms with van der Waals surface area (Å²) in [5, 5.41) is 33.3. The average Bonchev–Trinajstić information content (AvgIpc) is 3.00. The van der Waals surface area contributed by atoms with Crippen molar-refractivity contribution >= 4 is 24.1 Å². The molecule has 0 aliphatic carbocycles. The first-order valence-corrected chi connectivity index (χ1v) is 8.62. The van der Waals surface area contributed by atoms with Crippen molar-refractivity contribution in [3.05, 3.63) is 73.8 Å². The fraction of sp³-hybridized carbons (Fsp3) is 0.167. The van der Waals surface area contributed by atoms with Crippen LogP contribution in [0.5, 0.6) is 11.5 Å². The number of ether oxygens (including phenoxy) is 1. The number of hydrogen-bond acceptors (Lipinski definition) is 7. The minimum Gasteiger partial charge on any atom is -0.868 e. The van der Waals surface area contributed by atoms with Gasteiger partial charge in [0.05, 0.1) is 11.1 Å². The van der Waals surface area contributed by atoms with Crippen LogP contribution in [-0.4, -0.2) is 26.0 Å². The summed E-state index contributed by atoms with van der Waals surface area (Å²) in [6.07, 6.45) is 1.36. The third-order valence-electron chi connectivity index (χ3n) is 3.91. The molecule has 0 unspecified atom stereocenters. The van der Waals surface area contributed by atoms with Crippen LogP contribution in [0.25, 0.3) is 0 Å². The smallest absolute Gasteiger partial charge is 0.262 e. The van der Waals surface area contributed by atoms with Gasteiger partial charge in [0.1, 0.15) is 12.4 Å². The molecule has 1 N–H and O–H groups in total. The minimum atomic E-state index is -0.730. The second-order valence-electron chi connectivity index (χ2n) is 6.04. The molecule has 0 radical (unpaired) electrons. The topological polar surface area (TPSA) is 121 Å². The van der Waals surface area contributed by atoms with Crippen molar-refractivity contribution in [3.8, 4) is 11.5 Å². The van der Waals surface area contributed by atoms with Gasteiger partial charge in [-0.3, -0.25) is 10.1 Å². The number of rotatable bonds is 6. The van der Waals surface area contributed by atoms with Crippen LogP contribution >= 0.6 is 12.2 Å². The summed E-state index contributed by atoms with van der Waals surface area (Å²) in [4.78, 5) is 10.2. The van der Waals surface area contributed by atoms with Crippen LogP contribution in [0.3, 0.4) is 0 Å². The van der Waals surface area contributed by atoms with Gasteiger partial charge in [-0.05, 0) is 43.4 Å². The van der Waals surface area contributed by atoms with E-state index in [1.54, 1.807) is 0 Å². The van der Waals surface area contributed by atoms with Crippen LogP contribution in [0.15, 0.2) is 41.5 Å². The van der Waals surface area contributed by atoms with Gasteiger partial charge in [0.15, 0.2) is 5.82 Å². The zero-order valence-electron chi connectivity index (χ0n) is 15.1. The van der Waals surface area contributed by atoms with E-state index in [2.05, 4.69) is 15.3 Å². The van der Waals surface area contributed by atoms with Gasteiger partial charge >= 0.3 is 0 Å². The highest BCUT2D eigenvalue weighted by molar-refractivity contribution is 7.71. The Kier molecular flexibility index (Phi) is 5.50. The summed E-state index contributed by atoms with van der Waals surface area (Å²) < 4.78 is 7.39. The van der Waals surface area contributed by atoms with E-state index in [9.17, 15) is 15.2 Å². The summed E-state index contributed by atoms with van der Waals surface area (Å²) >= 11 is 5.17. The van der Waals surface area contributed by atoms with Crippen LogP contribution in [0.2, 0.25) is 0 Å². The van der Waals surface area contributed by atoms with E-state index in [-0.39, 0.29) is 11.4 Å². The lowest BCUT2D eigenvalue weighted by Gasteiger charge is -2.09. The number of nitro benzene ring substituents is 1. The summed E-state index contributed by atoms with van der Waals surface area (Å²) in [6.45, 7) is 4.07. The van der Waals surface area contributed by atoms with Crippen molar-refractivity contribution in [1.29, 1.82) is 0 Å². The maximum absolute atomic E-state index is 11.5. The van der Waals surface area contributed by atoms with Crippen molar-refractivity contribution in [2.24, 2.45) is 5.10 Å². The first-order valence-electron chi connectivity index (χ1n) is 8.21. The predicted molar refractivity (Wildman–Crippen MR) is 103 cm³/mol. The molecule has 1 heterocycles. The van der Waals surface area contributed by atoms with Crippen molar-refractivity contribution in [2.75, 3.05) is 0 Å². The van der Waals surface area contributed by atoms with Gasteiger partial charge in [0, 0.05) is 11.6 Å². The number of aryl methyl sites for hydroxylation is 2. The van der Waals surface area contributed by atoms with E-state index in [0.717, 1.165) is 29.0 Å². The van der Waals surface area contributed by atoms with Gasteiger partial charge < -0.3 is 9.84 Å². The summed E-state index contributed by atoms with van der Waals surface area (Å²) in [6, 6.07) is 9.55. The van der Waals surface area contributed by atoms with Gasteiger partial charge in [-0.2, -0.15) is 14.9 Å². The molecule has 3 aromatic rings. The highest BCUT2D eigenvalue weighted by Gasteiger charge is 2.09. The molecule has 144 valence electrons. The highest BCUT2D eigenvalue weighted by Crippen LogP contribution is 2.23. The number of aromatic nitrogens is 3. The van der Waals surface area contributed by atoms with Crippen LogP contribution < -0.4 is 9.84 Å². The molecule has 0 aliphatic rings. The molecule has 9 nitrogen and oxygen atoms in total. The maximum Gasteiger partial charge on any atom is 0.262 e. The normalized spacial score (nSPS) is 11.1. The molecule has 10 heteroatoms. The average molecular weight is 398 g/mol. The fourth-order valence-corrected chi connectivity index (χ4v) is 2.72. The van der Waals surface area contributed by atoms with Crippen LogP contribution in [0.4, 0.5) is 5.69 Å². The van der Waals surface area contributed by atoms with E-state index < -0.39 is 16.4 Å². The number of aromatic amines is 1. The van der Waals surface area contributed by atoms with E-state index in [0.29, 0.717) is 11.4 Å². The van der Waals surface area contributed by atoms with Crippen molar-refractivity contribution in [2.45, 2.75) is 20.5 Å². The molecule has 0 saturated heterocycles. The molecule has 0 bridgehead atoms. The Labute approximate surface area is 165 Å². The zero-order valence-corrected chi connectivity index (χ0v) is 15.9. The molecule has 0 fully saturated rings. The SMILES string of the molecule is Cc1ccc(OCc2n[nH]c(=S)n2/N=C\c2ccc([O-])c([N+](=O)[O-])c2)c(C)c1. The number of nitrogens with zero attached hydrogens (tertiary/aromatic N) is 4. The number of hydrogen-bond donors (Lipinski definition) is 1. The van der Waals surface area contributed by atoms with Gasteiger partial charge in [-0.1, -0.05) is 29.8 Å². The lowest BCUT2D eigenvalue weighted by molar-refractivity contribution is -0.398. The van der Waals surface area contributed by atoms with Gasteiger partial charge in [-0.15, -0.1) is 0 Å². The molecule has 0 amide bonds. The zero-order chi connectivity index (χ0) is 20.3. The Morgan fingerprint density at radius 2 is 2.11 bits per heavy atom. The van der Waals surface area contributed by atoms with Crippen molar-refractivity contribution < 1.29 is 14.8 Å². The van der Waals surface area contributed by atoms with E-state index in [4.69, 9.17) is 17.0 Å². The number of benzene rings is 2. The number of H-pyrrole nitrogens is 1. The molecule has 1 aromatic heterocycles. The van der Waals surface area contributed by atoms with Crippen LogP contribution in [0, 0.1) is 28.7 Å². The highest BCUT2D eigenvalue weighted by atomic mass is 32.1. The summed E-state index contributed by atoms with van der Waals surface area (Å²) in [5.74, 6) is 0.484. The second kappa shape index (κ2) is 8.01. The molecule has 28 heavy (non-hydrogen) atoms. The van der Waals surface area contributed by atoms with Crippen molar-refractivity contribution in [1.82, 2.24) is 14.9 Å².